The van der Waals surface area contributed by atoms with Crippen molar-refractivity contribution in [2.75, 3.05) is 0 Å². The van der Waals surface area contributed by atoms with Crippen LogP contribution in [0.2, 0.25) is 0 Å². The summed E-state index contributed by atoms with van der Waals surface area (Å²) in [5.74, 6) is 0. The summed E-state index contributed by atoms with van der Waals surface area (Å²) in [6.07, 6.45) is 0. The van der Waals surface area contributed by atoms with Gasteiger partial charge in [-0.05, 0) is 49.6 Å². The van der Waals surface area contributed by atoms with Crippen molar-refractivity contribution in [3.05, 3.63) is 33.0 Å². The summed E-state index contributed by atoms with van der Waals surface area (Å²) in [6, 6.07) is 0. The molecule has 2 aromatic rings. The second-order valence-corrected chi connectivity index (χ2v) is 5.45. The van der Waals surface area contributed by atoms with Crippen molar-refractivity contribution in [1.82, 2.24) is 0 Å². The van der Waals surface area contributed by atoms with Crippen LogP contribution < -0.4 is 4.74 Å². The van der Waals surface area contributed by atoms with Gasteiger partial charge in [0.15, 0.2) is 10.1 Å². The van der Waals surface area contributed by atoms with Gasteiger partial charge in [-0.3, -0.25) is 0 Å². The minimum Gasteiger partial charge on any atom is -0.435 e. The molecule has 0 atom stereocenters. The summed E-state index contributed by atoms with van der Waals surface area (Å²) in [7, 11) is 0. The Morgan fingerprint density at radius 3 is 1.47 bits per heavy atom. The molecule has 0 N–H and O–H groups in total. The van der Waals surface area contributed by atoms with E-state index in [-0.39, 0.29) is 0 Å². The maximum absolute atomic E-state index is 5.92. The Kier molecular flexibility index (Phi) is 2.85. The summed E-state index contributed by atoms with van der Waals surface area (Å²) >= 11 is 3.35. The largest absolute Gasteiger partial charge is 0.435 e. The van der Waals surface area contributed by atoms with Gasteiger partial charge in [-0.25, -0.2) is 0 Å². The quantitative estimate of drug-likeness (QED) is 0.727. The number of hydrogen-bond acceptors (Lipinski definition) is 3. The first-order valence-electron chi connectivity index (χ1n) is 4.87. The molecule has 0 bridgehead atoms. The van der Waals surface area contributed by atoms with E-state index in [1.807, 2.05) is 0 Å². The number of rotatable bonds is 2. The van der Waals surface area contributed by atoms with Crippen LogP contribution in [-0.4, -0.2) is 0 Å². The SMILES string of the molecule is Cc1csc(Oc2scc(C)c2C)c1C. The lowest BCUT2D eigenvalue weighted by molar-refractivity contribution is 0.503. The molecule has 0 aliphatic heterocycles. The third-order valence-corrected chi connectivity index (χ3v) is 4.82. The molecular formula is C12H14OS2. The molecule has 0 fully saturated rings. The van der Waals surface area contributed by atoms with Gasteiger partial charge < -0.3 is 4.74 Å². The second kappa shape index (κ2) is 3.99. The molecular weight excluding hydrogens is 224 g/mol. The predicted octanol–water partition coefficient (Wildman–Crippen LogP) is 4.84. The summed E-state index contributed by atoms with van der Waals surface area (Å²) in [5.41, 5.74) is 5.12. The van der Waals surface area contributed by atoms with Crippen molar-refractivity contribution in [2.45, 2.75) is 27.7 Å². The fourth-order valence-electron chi connectivity index (χ4n) is 1.24. The summed E-state index contributed by atoms with van der Waals surface area (Å²) in [6.45, 7) is 8.45. The molecule has 1 nitrogen and oxygen atoms in total. The molecule has 0 radical (unpaired) electrons. The van der Waals surface area contributed by atoms with Crippen LogP contribution in [0.1, 0.15) is 22.3 Å². The number of thiophene rings is 2. The Morgan fingerprint density at radius 2 is 1.20 bits per heavy atom. The van der Waals surface area contributed by atoms with Gasteiger partial charge in [0, 0.05) is 11.1 Å². The maximum atomic E-state index is 5.92. The van der Waals surface area contributed by atoms with Crippen LogP contribution in [0.5, 0.6) is 10.1 Å². The summed E-state index contributed by atoms with van der Waals surface area (Å²) in [4.78, 5) is 0. The van der Waals surface area contributed by atoms with E-state index < -0.39 is 0 Å². The predicted molar refractivity (Wildman–Crippen MR) is 67.7 cm³/mol. The van der Waals surface area contributed by atoms with Crippen LogP contribution in [0.3, 0.4) is 0 Å². The van der Waals surface area contributed by atoms with Gasteiger partial charge in [-0.15, -0.1) is 22.7 Å². The van der Waals surface area contributed by atoms with E-state index in [0.717, 1.165) is 10.1 Å². The normalized spacial score (nSPS) is 10.7. The molecule has 0 aliphatic carbocycles. The summed E-state index contributed by atoms with van der Waals surface area (Å²) < 4.78 is 5.92. The minimum absolute atomic E-state index is 1.03. The number of aryl methyl sites for hydroxylation is 2. The lowest BCUT2D eigenvalue weighted by Gasteiger charge is -2.03. The summed E-state index contributed by atoms with van der Waals surface area (Å²) in [5, 5.41) is 6.33. The van der Waals surface area contributed by atoms with Crippen molar-refractivity contribution in [2.24, 2.45) is 0 Å². The lowest BCUT2D eigenvalue weighted by atomic mass is 10.2. The third kappa shape index (κ3) is 1.94. The molecule has 80 valence electrons. The average molecular weight is 238 g/mol. The monoisotopic (exact) mass is 238 g/mol. The van der Waals surface area contributed by atoms with E-state index in [0.29, 0.717) is 0 Å². The molecule has 0 amide bonds. The van der Waals surface area contributed by atoms with Crippen LogP contribution >= 0.6 is 22.7 Å². The highest BCUT2D eigenvalue weighted by Crippen LogP contribution is 2.38. The Bertz CT molecular complexity index is 436. The molecule has 0 spiro atoms. The highest BCUT2D eigenvalue weighted by Gasteiger charge is 2.10. The van der Waals surface area contributed by atoms with Crippen LogP contribution in [0.25, 0.3) is 0 Å². The molecule has 0 unspecified atom stereocenters. The first-order valence-corrected chi connectivity index (χ1v) is 6.62. The van der Waals surface area contributed by atoms with Crippen LogP contribution in [0, 0.1) is 27.7 Å². The molecule has 0 aliphatic rings. The molecule has 2 rings (SSSR count). The van der Waals surface area contributed by atoms with Crippen LogP contribution in [0.4, 0.5) is 0 Å². The fraction of sp³-hybridized carbons (Fsp3) is 0.333. The smallest absolute Gasteiger partial charge is 0.185 e. The Balaban J connectivity index is 2.29. The van der Waals surface area contributed by atoms with Gasteiger partial charge >= 0.3 is 0 Å². The van der Waals surface area contributed by atoms with Crippen LogP contribution in [0.15, 0.2) is 10.8 Å². The average Bonchev–Trinajstić information content (AvgIpc) is 2.68. The molecule has 0 saturated carbocycles. The Morgan fingerprint density at radius 1 is 0.800 bits per heavy atom. The first kappa shape index (κ1) is 10.7. The van der Waals surface area contributed by atoms with Gasteiger partial charge in [-0.1, -0.05) is 0 Å². The maximum Gasteiger partial charge on any atom is 0.185 e. The van der Waals surface area contributed by atoms with Crippen LogP contribution in [-0.2, 0) is 0 Å². The van der Waals surface area contributed by atoms with E-state index in [4.69, 9.17) is 4.74 Å². The standard InChI is InChI=1S/C12H14OS2/c1-7-5-14-11(9(7)3)13-12-10(4)8(2)6-15-12/h5-6H,1-4H3. The van der Waals surface area contributed by atoms with Gasteiger partial charge in [0.1, 0.15) is 0 Å². The van der Waals surface area contributed by atoms with E-state index in [1.165, 1.54) is 22.3 Å². The highest BCUT2D eigenvalue weighted by molar-refractivity contribution is 7.13. The molecule has 2 aromatic heterocycles. The molecule has 3 heteroatoms. The van der Waals surface area contributed by atoms with Gasteiger partial charge in [-0.2, -0.15) is 0 Å². The van der Waals surface area contributed by atoms with Crippen molar-refractivity contribution >= 4 is 22.7 Å². The van der Waals surface area contributed by atoms with Gasteiger partial charge in [0.05, 0.1) is 0 Å². The third-order valence-electron chi connectivity index (χ3n) is 2.67. The molecule has 2 heterocycles. The lowest BCUT2D eigenvalue weighted by Crippen LogP contribution is -1.83. The number of ether oxygens (including phenoxy) is 1. The highest BCUT2D eigenvalue weighted by atomic mass is 32.1. The first-order chi connectivity index (χ1) is 7.09. The molecule has 0 aromatic carbocycles. The van der Waals surface area contributed by atoms with Gasteiger partial charge in [0.25, 0.3) is 0 Å². The van der Waals surface area contributed by atoms with E-state index in [2.05, 4.69) is 38.5 Å². The van der Waals surface area contributed by atoms with Crippen molar-refractivity contribution in [1.29, 1.82) is 0 Å². The fourth-order valence-corrected chi connectivity index (χ4v) is 3.16. The van der Waals surface area contributed by atoms with E-state index in [1.54, 1.807) is 22.7 Å². The van der Waals surface area contributed by atoms with Crippen molar-refractivity contribution < 1.29 is 4.74 Å². The zero-order chi connectivity index (χ0) is 11.0. The van der Waals surface area contributed by atoms with E-state index in [9.17, 15) is 0 Å². The van der Waals surface area contributed by atoms with E-state index >= 15 is 0 Å². The van der Waals surface area contributed by atoms with Crippen molar-refractivity contribution in [3.63, 3.8) is 0 Å². The molecule has 0 saturated heterocycles. The Hall–Kier alpha value is -0.800. The topological polar surface area (TPSA) is 9.23 Å². The number of hydrogen-bond donors (Lipinski definition) is 0. The van der Waals surface area contributed by atoms with Crippen molar-refractivity contribution in [3.8, 4) is 10.1 Å². The zero-order valence-electron chi connectivity index (χ0n) is 9.38. The minimum atomic E-state index is 1.03. The second-order valence-electron chi connectivity index (χ2n) is 3.76. The Labute approximate surface area is 98.3 Å². The zero-order valence-corrected chi connectivity index (χ0v) is 11.0. The molecule has 15 heavy (non-hydrogen) atoms. The van der Waals surface area contributed by atoms with Gasteiger partial charge in [0.2, 0.25) is 0 Å².